The summed E-state index contributed by atoms with van der Waals surface area (Å²) in [6, 6.07) is 2.44. The minimum absolute atomic E-state index is 0.169. The van der Waals surface area contributed by atoms with E-state index in [1.807, 2.05) is 0 Å². The molecule has 2 nitrogen and oxygen atoms in total. The first-order valence-electron chi connectivity index (χ1n) is 6.57. The van der Waals surface area contributed by atoms with Crippen molar-refractivity contribution in [1.29, 1.82) is 0 Å². The molecule has 0 aliphatic rings. The van der Waals surface area contributed by atoms with Crippen LogP contribution in [0.2, 0.25) is 0 Å². The Morgan fingerprint density at radius 1 is 1.05 bits per heavy atom. The van der Waals surface area contributed by atoms with Gasteiger partial charge < -0.3 is 0 Å². The van der Waals surface area contributed by atoms with E-state index in [4.69, 9.17) is 0 Å². The first-order valence-corrected chi connectivity index (χ1v) is 7.37. The van der Waals surface area contributed by atoms with Gasteiger partial charge in [0.25, 0.3) is 0 Å². The Bertz CT molecular complexity index is 562. The Hall–Kier alpha value is -1.36. The van der Waals surface area contributed by atoms with E-state index in [1.165, 1.54) is 18.6 Å². The monoisotopic (exact) mass is 340 g/mol. The van der Waals surface area contributed by atoms with Gasteiger partial charge in [-0.1, -0.05) is 19.8 Å². The van der Waals surface area contributed by atoms with Crippen molar-refractivity contribution in [2.24, 2.45) is 0 Å². The van der Waals surface area contributed by atoms with Gasteiger partial charge in [0.1, 0.15) is 11.6 Å². The van der Waals surface area contributed by atoms with E-state index in [-0.39, 0.29) is 4.47 Å². The Kier molecular flexibility index (Phi) is 5.17. The molecule has 0 saturated carbocycles. The molecule has 0 aliphatic carbocycles. The lowest BCUT2D eigenvalue weighted by Crippen LogP contribution is -1.95. The van der Waals surface area contributed by atoms with Crippen molar-refractivity contribution in [1.82, 2.24) is 9.97 Å². The first-order chi connectivity index (χ1) is 9.61. The third-order valence-electron chi connectivity index (χ3n) is 3.02. The van der Waals surface area contributed by atoms with Gasteiger partial charge in [-0.2, -0.15) is 0 Å². The summed E-state index contributed by atoms with van der Waals surface area (Å²) >= 11 is 2.84. The van der Waals surface area contributed by atoms with Crippen LogP contribution in [-0.4, -0.2) is 9.97 Å². The van der Waals surface area contributed by atoms with Crippen molar-refractivity contribution in [3.63, 3.8) is 0 Å². The predicted octanol–water partition coefficient (Wildman–Crippen LogP) is 4.92. The number of halogens is 3. The molecule has 1 aromatic heterocycles. The Labute approximate surface area is 125 Å². The molecular formula is C15H15BrF2N2. The summed E-state index contributed by atoms with van der Waals surface area (Å²) in [5.41, 5.74) is 1.38. The number of unbranched alkanes of at least 4 members (excludes halogenated alkanes) is 2. The van der Waals surface area contributed by atoms with Gasteiger partial charge >= 0.3 is 0 Å². The van der Waals surface area contributed by atoms with Gasteiger partial charge in [0, 0.05) is 18.0 Å². The molecule has 0 atom stereocenters. The molecule has 5 heteroatoms. The smallest absolute Gasteiger partial charge is 0.159 e. The highest BCUT2D eigenvalue weighted by Gasteiger charge is 2.11. The van der Waals surface area contributed by atoms with Gasteiger partial charge in [-0.05, 0) is 46.5 Å². The number of nitrogens with zero attached hydrogens (tertiary/aromatic N) is 2. The molecule has 2 rings (SSSR count). The van der Waals surface area contributed by atoms with Crippen LogP contribution in [0, 0.1) is 11.6 Å². The summed E-state index contributed by atoms with van der Waals surface area (Å²) in [6.07, 6.45) is 7.80. The first kappa shape index (κ1) is 15.0. The molecule has 0 radical (unpaired) electrons. The standard InChI is InChI=1S/C15H15BrF2N2/c1-2-3-4-5-10-8-19-15(20-9-10)11-6-12(17)14(16)13(18)7-11/h6-9H,2-5H2,1H3. The van der Waals surface area contributed by atoms with Crippen molar-refractivity contribution >= 4 is 15.9 Å². The molecule has 20 heavy (non-hydrogen) atoms. The number of benzene rings is 1. The summed E-state index contributed by atoms with van der Waals surface area (Å²) in [4.78, 5) is 8.36. The highest BCUT2D eigenvalue weighted by atomic mass is 79.9. The number of aryl methyl sites for hydroxylation is 1. The molecule has 0 spiro atoms. The van der Waals surface area contributed by atoms with E-state index in [2.05, 4.69) is 32.8 Å². The molecule has 0 N–H and O–H groups in total. The lowest BCUT2D eigenvalue weighted by Gasteiger charge is -2.04. The average Bonchev–Trinajstić information content (AvgIpc) is 2.45. The Morgan fingerprint density at radius 2 is 1.65 bits per heavy atom. The van der Waals surface area contributed by atoms with Crippen molar-refractivity contribution in [2.75, 3.05) is 0 Å². The zero-order valence-corrected chi connectivity index (χ0v) is 12.8. The van der Waals surface area contributed by atoms with E-state index in [0.717, 1.165) is 24.8 Å². The third kappa shape index (κ3) is 3.60. The topological polar surface area (TPSA) is 25.8 Å². The minimum atomic E-state index is -0.657. The van der Waals surface area contributed by atoms with E-state index in [1.54, 1.807) is 12.4 Å². The van der Waals surface area contributed by atoms with Crippen LogP contribution >= 0.6 is 15.9 Å². The van der Waals surface area contributed by atoms with Crippen molar-refractivity contribution in [3.8, 4) is 11.4 Å². The Morgan fingerprint density at radius 3 is 2.20 bits per heavy atom. The van der Waals surface area contributed by atoms with Crippen LogP contribution < -0.4 is 0 Å². The lowest BCUT2D eigenvalue weighted by molar-refractivity contribution is 0.572. The maximum atomic E-state index is 13.5. The van der Waals surface area contributed by atoms with Crippen LogP contribution in [-0.2, 0) is 6.42 Å². The summed E-state index contributed by atoms with van der Waals surface area (Å²) in [7, 11) is 0. The van der Waals surface area contributed by atoms with Crippen LogP contribution in [0.3, 0.4) is 0 Å². The number of rotatable bonds is 5. The van der Waals surface area contributed by atoms with Crippen LogP contribution in [0.5, 0.6) is 0 Å². The number of hydrogen-bond acceptors (Lipinski definition) is 2. The van der Waals surface area contributed by atoms with Crippen molar-refractivity contribution in [3.05, 3.63) is 46.2 Å². The molecule has 0 saturated heterocycles. The van der Waals surface area contributed by atoms with Crippen molar-refractivity contribution < 1.29 is 8.78 Å². The van der Waals surface area contributed by atoms with Gasteiger partial charge in [-0.25, -0.2) is 18.7 Å². The predicted molar refractivity (Wildman–Crippen MR) is 78.3 cm³/mol. The summed E-state index contributed by atoms with van der Waals surface area (Å²) in [5.74, 6) is -0.985. The molecule has 106 valence electrons. The molecular weight excluding hydrogens is 326 g/mol. The molecule has 0 fully saturated rings. The molecule has 0 bridgehead atoms. The summed E-state index contributed by atoms with van der Waals surface area (Å²) < 4.78 is 26.8. The van der Waals surface area contributed by atoms with Gasteiger partial charge in [-0.3, -0.25) is 0 Å². The largest absolute Gasteiger partial charge is 0.236 e. The van der Waals surface area contributed by atoms with Gasteiger partial charge in [0.15, 0.2) is 5.82 Å². The zero-order valence-electron chi connectivity index (χ0n) is 11.2. The van der Waals surface area contributed by atoms with Gasteiger partial charge in [0.2, 0.25) is 0 Å². The van der Waals surface area contributed by atoms with E-state index in [0.29, 0.717) is 11.4 Å². The second-order valence-electron chi connectivity index (χ2n) is 4.63. The van der Waals surface area contributed by atoms with E-state index >= 15 is 0 Å². The van der Waals surface area contributed by atoms with Gasteiger partial charge in [-0.15, -0.1) is 0 Å². The maximum absolute atomic E-state index is 13.5. The van der Waals surface area contributed by atoms with E-state index < -0.39 is 11.6 Å². The fourth-order valence-electron chi connectivity index (χ4n) is 1.90. The number of hydrogen-bond donors (Lipinski definition) is 0. The quantitative estimate of drug-likeness (QED) is 0.570. The SMILES string of the molecule is CCCCCc1cnc(-c2cc(F)c(Br)c(F)c2)nc1. The third-order valence-corrected chi connectivity index (χ3v) is 3.77. The lowest BCUT2D eigenvalue weighted by atomic mass is 10.1. The molecule has 0 unspecified atom stereocenters. The summed E-state index contributed by atoms with van der Waals surface area (Å²) in [5, 5.41) is 0. The average molecular weight is 341 g/mol. The van der Waals surface area contributed by atoms with Crippen LogP contribution in [0.1, 0.15) is 31.7 Å². The fraction of sp³-hybridized carbons (Fsp3) is 0.333. The molecule has 0 amide bonds. The van der Waals surface area contributed by atoms with E-state index in [9.17, 15) is 8.78 Å². The number of aromatic nitrogens is 2. The fourth-order valence-corrected chi connectivity index (χ4v) is 2.13. The summed E-state index contributed by atoms with van der Waals surface area (Å²) in [6.45, 7) is 2.15. The molecule has 1 heterocycles. The highest BCUT2D eigenvalue weighted by Crippen LogP contribution is 2.25. The molecule has 1 aromatic carbocycles. The normalized spacial score (nSPS) is 10.8. The van der Waals surface area contributed by atoms with Gasteiger partial charge in [0.05, 0.1) is 4.47 Å². The molecule has 0 aliphatic heterocycles. The highest BCUT2D eigenvalue weighted by molar-refractivity contribution is 9.10. The van der Waals surface area contributed by atoms with Crippen LogP contribution in [0.4, 0.5) is 8.78 Å². The van der Waals surface area contributed by atoms with Crippen LogP contribution in [0.25, 0.3) is 11.4 Å². The van der Waals surface area contributed by atoms with Crippen molar-refractivity contribution in [2.45, 2.75) is 32.6 Å². The minimum Gasteiger partial charge on any atom is -0.236 e. The second-order valence-corrected chi connectivity index (χ2v) is 5.42. The Balaban J connectivity index is 2.17. The maximum Gasteiger partial charge on any atom is 0.159 e. The zero-order chi connectivity index (χ0) is 14.5. The molecule has 2 aromatic rings. The second kappa shape index (κ2) is 6.88. The van der Waals surface area contributed by atoms with Crippen LogP contribution in [0.15, 0.2) is 29.0 Å².